The first-order valence-corrected chi connectivity index (χ1v) is 12.8. The first-order valence-electron chi connectivity index (χ1n) is 10.3. The summed E-state index contributed by atoms with van der Waals surface area (Å²) in [7, 11) is 3.79. The molecule has 1 amide bonds. The van der Waals surface area contributed by atoms with E-state index in [-0.39, 0.29) is 17.0 Å². The van der Waals surface area contributed by atoms with Gasteiger partial charge in [0.1, 0.15) is 15.8 Å². The highest BCUT2D eigenvalue weighted by Crippen LogP contribution is 2.33. The van der Waals surface area contributed by atoms with Crippen molar-refractivity contribution in [2.24, 2.45) is 12.0 Å². The van der Waals surface area contributed by atoms with Crippen molar-refractivity contribution in [3.8, 4) is 0 Å². The Morgan fingerprint density at radius 1 is 1.24 bits per heavy atom. The van der Waals surface area contributed by atoms with E-state index < -0.39 is 0 Å². The molecule has 0 radical (unpaired) electrons. The van der Waals surface area contributed by atoms with Crippen molar-refractivity contribution < 1.29 is 13.8 Å². The van der Waals surface area contributed by atoms with Crippen LogP contribution in [-0.2, 0) is 18.4 Å². The fourth-order valence-electron chi connectivity index (χ4n) is 3.53. The number of rotatable bonds is 3. The van der Waals surface area contributed by atoms with E-state index in [4.69, 9.17) is 9.41 Å². The van der Waals surface area contributed by atoms with Crippen LogP contribution in [-0.4, -0.2) is 39.1 Å². The van der Waals surface area contributed by atoms with Gasteiger partial charge in [-0.1, -0.05) is 11.3 Å². The topological polar surface area (TPSA) is 87.8 Å². The number of aryl methyl sites for hydroxylation is 1. The molecule has 0 atom stereocenters. The summed E-state index contributed by atoms with van der Waals surface area (Å²) in [6.07, 6.45) is 7.47. The average molecular weight is 502 g/mol. The lowest BCUT2D eigenvalue weighted by molar-refractivity contribution is -0.653. The van der Waals surface area contributed by atoms with Crippen LogP contribution in [0.1, 0.15) is 13.8 Å². The maximum atomic E-state index is 13.3. The summed E-state index contributed by atoms with van der Waals surface area (Å²) >= 11 is 4.03. The Balaban J connectivity index is 1.75. The standard InChI is InChI=1S/C21H21N6O3S3/c1-5-26-17(28)13(16-22-15-12(30-16)8-7-9-24(15)3)32-19(26)14-18(29)27(6-2)21(33-14)23-20-25(4)10-11-31-20/h7-11H,5-6H2,1-4H3/q+1/b16-13-,19-14-. The van der Waals surface area contributed by atoms with Crippen molar-refractivity contribution in [3.63, 3.8) is 0 Å². The Morgan fingerprint density at radius 3 is 2.73 bits per heavy atom. The first kappa shape index (κ1) is 21.9. The van der Waals surface area contributed by atoms with E-state index >= 15 is 0 Å². The van der Waals surface area contributed by atoms with Crippen LogP contribution >= 0.6 is 34.4 Å². The van der Waals surface area contributed by atoms with Crippen LogP contribution < -0.4 is 25.1 Å². The molecule has 3 aromatic heterocycles. The number of nitrogens with zero attached hydrogens (tertiary/aromatic N) is 6. The number of carbonyl (C=O) groups is 1. The molecule has 33 heavy (non-hydrogen) atoms. The third kappa shape index (κ3) is 3.58. The molecule has 9 nitrogen and oxygen atoms in total. The van der Waals surface area contributed by atoms with Crippen LogP contribution in [0.5, 0.6) is 0 Å². The van der Waals surface area contributed by atoms with E-state index in [9.17, 15) is 9.59 Å². The van der Waals surface area contributed by atoms with E-state index in [1.807, 2.05) is 67.3 Å². The number of hydrogen-bond donors (Lipinski definition) is 0. The Bertz CT molecular complexity index is 1610. The maximum Gasteiger partial charge on any atom is 0.384 e. The molecule has 5 heterocycles. The number of aromatic nitrogens is 3. The number of carbonyl (C=O) groups excluding carboxylic acids is 1. The molecule has 0 saturated carbocycles. The monoisotopic (exact) mass is 501 g/mol. The van der Waals surface area contributed by atoms with Crippen molar-refractivity contribution in [1.29, 1.82) is 0 Å². The zero-order chi connectivity index (χ0) is 23.3. The molecule has 170 valence electrons. The number of thioether (sulfide) groups is 1. The largest absolute Gasteiger partial charge is 0.433 e. The lowest BCUT2D eigenvalue weighted by Gasteiger charge is -2.10. The molecule has 12 heteroatoms. The number of aliphatic imine (C=N–C) groups is 1. The van der Waals surface area contributed by atoms with Crippen LogP contribution in [0.4, 0.5) is 10.9 Å². The van der Waals surface area contributed by atoms with Crippen LogP contribution in [0.3, 0.4) is 0 Å². The van der Waals surface area contributed by atoms with Gasteiger partial charge in [0, 0.05) is 31.7 Å². The molecule has 5 rings (SSSR count). The second-order valence-corrected chi connectivity index (χ2v) is 10.1. The lowest BCUT2D eigenvalue weighted by atomic mass is 10.4. The predicted octanol–water partition coefficient (Wildman–Crippen LogP) is 1.23. The fourth-order valence-corrected chi connectivity index (χ4v) is 6.67. The van der Waals surface area contributed by atoms with Crippen LogP contribution in [0.2, 0.25) is 0 Å². The average Bonchev–Trinajstić information content (AvgIpc) is 3.54. The molecule has 0 N–H and O–H groups in total. The molecule has 0 aromatic carbocycles. The van der Waals surface area contributed by atoms with Gasteiger partial charge in [0.15, 0.2) is 15.8 Å². The molecule has 2 aliphatic heterocycles. The second kappa shape index (κ2) is 8.43. The van der Waals surface area contributed by atoms with Gasteiger partial charge >= 0.3 is 5.13 Å². The van der Waals surface area contributed by atoms with Gasteiger partial charge in [-0.05, 0) is 42.8 Å². The molecular weight excluding hydrogens is 480 g/mol. The highest BCUT2D eigenvalue weighted by Gasteiger charge is 2.38. The molecule has 1 saturated heterocycles. The van der Waals surface area contributed by atoms with Gasteiger partial charge in [0.05, 0.1) is 7.05 Å². The molecule has 0 spiro atoms. The predicted molar refractivity (Wildman–Crippen MR) is 131 cm³/mol. The number of anilines is 1. The minimum atomic E-state index is -0.217. The summed E-state index contributed by atoms with van der Waals surface area (Å²) in [6.45, 7) is 4.71. The third-order valence-corrected chi connectivity index (χ3v) is 8.46. The fraction of sp³-hybridized carbons (Fsp3) is 0.286. The zero-order valence-electron chi connectivity index (χ0n) is 18.4. The number of amides is 1. The second-order valence-electron chi connectivity index (χ2n) is 7.28. The number of hydrogen-bond acceptors (Lipinski definition) is 9. The molecule has 0 unspecified atom stereocenters. The quantitative estimate of drug-likeness (QED) is 0.502. The zero-order valence-corrected chi connectivity index (χ0v) is 20.9. The minimum Gasteiger partial charge on any atom is -0.433 e. The summed E-state index contributed by atoms with van der Waals surface area (Å²) in [5.41, 5.74) is 0.644. The Hall–Kier alpha value is -2.96. The van der Waals surface area contributed by atoms with Crippen molar-refractivity contribution in [3.05, 3.63) is 54.4 Å². The molecular formula is C21H21N6O3S3+. The molecule has 0 aliphatic carbocycles. The van der Waals surface area contributed by atoms with Gasteiger partial charge in [-0.25, -0.2) is 4.57 Å². The number of amidine groups is 1. The van der Waals surface area contributed by atoms with Crippen molar-refractivity contribution in [1.82, 2.24) is 14.5 Å². The van der Waals surface area contributed by atoms with E-state index in [0.29, 0.717) is 43.6 Å². The number of allylic oxidation sites excluding steroid dienone is 1. The minimum absolute atomic E-state index is 0.153. The van der Waals surface area contributed by atoms with E-state index in [0.717, 1.165) is 5.13 Å². The van der Waals surface area contributed by atoms with E-state index in [1.165, 1.54) is 34.4 Å². The summed E-state index contributed by atoms with van der Waals surface area (Å²) < 4.78 is 10.4. The number of fused-ring (bicyclic) bond motifs is 1. The van der Waals surface area contributed by atoms with Crippen molar-refractivity contribution >= 4 is 67.4 Å². The molecule has 2 aliphatic rings. The molecule has 1 fully saturated rings. The third-order valence-electron chi connectivity index (χ3n) is 5.24. The summed E-state index contributed by atoms with van der Waals surface area (Å²) in [6, 6.07) is 0. The van der Waals surface area contributed by atoms with Crippen LogP contribution in [0.25, 0.3) is 11.0 Å². The smallest absolute Gasteiger partial charge is 0.384 e. The van der Waals surface area contributed by atoms with Crippen molar-refractivity contribution in [2.45, 2.75) is 20.4 Å². The summed E-state index contributed by atoms with van der Waals surface area (Å²) in [5, 5.41) is 3.35. The van der Waals surface area contributed by atoms with Gasteiger partial charge in [-0.3, -0.25) is 19.1 Å². The van der Waals surface area contributed by atoms with Crippen LogP contribution in [0.15, 0.2) is 38.1 Å². The van der Waals surface area contributed by atoms with Crippen LogP contribution in [0, 0.1) is 10.1 Å². The highest BCUT2D eigenvalue weighted by molar-refractivity contribution is 8.23. The summed E-state index contributed by atoms with van der Waals surface area (Å²) in [5.74, 6) is 0.499. The Labute approximate surface area is 200 Å². The van der Waals surface area contributed by atoms with E-state index in [2.05, 4.69) is 4.98 Å². The Kier molecular flexibility index (Phi) is 5.59. The highest BCUT2D eigenvalue weighted by atomic mass is 32.2. The lowest BCUT2D eigenvalue weighted by Crippen LogP contribution is -2.32. The van der Waals surface area contributed by atoms with Gasteiger partial charge in [-0.2, -0.15) is 4.98 Å². The molecule has 3 aromatic rings. The maximum absolute atomic E-state index is 13.3. The number of oxazole rings is 1. The van der Waals surface area contributed by atoms with Gasteiger partial charge in [-0.15, -0.1) is 11.3 Å². The Morgan fingerprint density at radius 2 is 2.06 bits per heavy atom. The molecule has 0 bridgehead atoms. The van der Waals surface area contributed by atoms with Gasteiger partial charge < -0.3 is 9.32 Å². The van der Waals surface area contributed by atoms with Gasteiger partial charge in [0.2, 0.25) is 5.55 Å². The van der Waals surface area contributed by atoms with E-state index in [1.54, 1.807) is 9.47 Å². The SMILES string of the molecule is CCN1C(=O)/C(=c2/s/c(=c3/nc4c(o3)=CC=CN4C)c(=O)n2CC)S/C1=N\c1scc[n+]1C. The van der Waals surface area contributed by atoms with Crippen molar-refractivity contribution in [2.75, 3.05) is 18.5 Å². The normalized spacial score (nSPS) is 19.5. The first-order chi connectivity index (χ1) is 15.9. The summed E-state index contributed by atoms with van der Waals surface area (Å²) in [4.78, 5) is 39.8. The van der Waals surface area contributed by atoms with Gasteiger partial charge in [0.25, 0.3) is 16.6 Å². The number of thiazole rings is 2.